The predicted octanol–water partition coefficient (Wildman–Crippen LogP) is 2.75. The number of hydrogen-bond donors (Lipinski definition) is 1. The lowest BCUT2D eigenvalue weighted by molar-refractivity contribution is 0.0374. The van der Waals surface area contributed by atoms with Crippen LogP contribution in [0.3, 0.4) is 0 Å². The molecule has 0 aromatic heterocycles. The van der Waals surface area contributed by atoms with Crippen molar-refractivity contribution >= 4 is 24.8 Å². The summed E-state index contributed by atoms with van der Waals surface area (Å²) >= 11 is 0. The first kappa shape index (κ1) is 23.3. The normalized spacial score (nSPS) is 14.4. The highest BCUT2D eigenvalue weighted by molar-refractivity contribution is 5.85. The Bertz CT molecular complexity index is 444. The largest absolute Gasteiger partial charge is 0.493 e. The lowest BCUT2D eigenvalue weighted by Crippen LogP contribution is -2.37. The maximum atomic E-state index is 5.60. The number of rotatable bonds is 9. The van der Waals surface area contributed by atoms with Crippen LogP contribution in [0, 0.1) is 0 Å². The lowest BCUT2D eigenvalue weighted by Gasteiger charge is -2.26. The van der Waals surface area contributed by atoms with E-state index in [0.29, 0.717) is 6.61 Å². The van der Waals surface area contributed by atoms with Crippen molar-refractivity contribution in [3.05, 3.63) is 23.8 Å². The second-order valence-corrected chi connectivity index (χ2v) is 5.40. The Balaban J connectivity index is 0.00000264. The highest BCUT2D eigenvalue weighted by Crippen LogP contribution is 2.27. The number of nitrogens with one attached hydrogen (secondary N) is 1. The maximum Gasteiger partial charge on any atom is 0.161 e. The van der Waals surface area contributed by atoms with Crippen LogP contribution in [0.25, 0.3) is 0 Å². The van der Waals surface area contributed by atoms with E-state index in [-0.39, 0.29) is 24.8 Å². The molecule has 5 nitrogen and oxygen atoms in total. The SMILES string of the molecule is CCOc1cc(CNCCCN2CCOCC2)ccc1OC.Cl.Cl. The van der Waals surface area contributed by atoms with Gasteiger partial charge in [0.1, 0.15) is 0 Å². The molecule has 1 saturated heterocycles. The molecule has 7 heteroatoms. The summed E-state index contributed by atoms with van der Waals surface area (Å²) < 4.78 is 16.3. The van der Waals surface area contributed by atoms with Gasteiger partial charge in [-0.15, -0.1) is 24.8 Å². The molecule has 0 bridgehead atoms. The zero-order chi connectivity index (χ0) is 15.6. The molecule has 0 aliphatic carbocycles. The molecule has 24 heavy (non-hydrogen) atoms. The lowest BCUT2D eigenvalue weighted by atomic mass is 10.2. The molecule has 0 radical (unpaired) electrons. The topological polar surface area (TPSA) is 43.0 Å². The first-order chi connectivity index (χ1) is 10.8. The third kappa shape index (κ3) is 7.90. The maximum absolute atomic E-state index is 5.60. The van der Waals surface area contributed by atoms with Crippen molar-refractivity contribution in [3.63, 3.8) is 0 Å². The Morgan fingerprint density at radius 2 is 1.92 bits per heavy atom. The molecular weight excluding hydrogens is 351 g/mol. The number of ether oxygens (including phenoxy) is 3. The van der Waals surface area contributed by atoms with Gasteiger partial charge < -0.3 is 19.5 Å². The van der Waals surface area contributed by atoms with Gasteiger partial charge in [0, 0.05) is 19.6 Å². The smallest absolute Gasteiger partial charge is 0.161 e. The molecule has 2 rings (SSSR count). The van der Waals surface area contributed by atoms with E-state index in [1.807, 2.05) is 13.0 Å². The van der Waals surface area contributed by atoms with Crippen molar-refractivity contribution in [2.24, 2.45) is 0 Å². The molecule has 1 aromatic carbocycles. The van der Waals surface area contributed by atoms with Gasteiger partial charge in [-0.1, -0.05) is 6.07 Å². The average Bonchev–Trinajstić information content (AvgIpc) is 2.56. The molecule has 1 fully saturated rings. The van der Waals surface area contributed by atoms with Crippen molar-refractivity contribution < 1.29 is 14.2 Å². The molecule has 140 valence electrons. The van der Waals surface area contributed by atoms with E-state index in [2.05, 4.69) is 22.3 Å². The summed E-state index contributed by atoms with van der Waals surface area (Å²) in [5.41, 5.74) is 1.22. The van der Waals surface area contributed by atoms with E-state index >= 15 is 0 Å². The van der Waals surface area contributed by atoms with Crippen LogP contribution < -0.4 is 14.8 Å². The first-order valence-corrected chi connectivity index (χ1v) is 8.14. The summed E-state index contributed by atoms with van der Waals surface area (Å²) in [5.74, 6) is 1.61. The fraction of sp³-hybridized carbons (Fsp3) is 0.647. The van der Waals surface area contributed by atoms with Crippen LogP contribution in [-0.4, -0.2) is 58.0 Å². The summed E-state index contributed by atoms with van der Waals surface area (Å²) in [6.45, 7) is 9.53. The Labute approximate surface area is 157 Å². The molecule has 0 saturated carbocycles. The van der Waals surface area contributed by atoms with E-state index in [0.717, 1.165) is 63.9 Å². The highest BCUT2D eigenvalue weighted by Gasteiger charge is 2.09. The van der Waals surface area contributed by atoms with Gasteiger partial charge in [0.2, 0.25) is 0 Å². The van der Waals surface area contributed by atoms with Gasteiger partial charge in [-0.05, 0) is 44.1 Å². The number of hydrogen-bond acceptors (Lipinski definition) is 5. The Kier molecular flexibility index (Phi) is 13.2. The fourth-order valence-electron chi connectivity index (χ4n) is 2.58. The summed E-state index contributed by atoms with van der Waals surface area (Å²) in [6.07, 6.45) is 1.16. The molecule has 1 aromatic rings. The van der Waals surface area contributed by atoms with Crippen molar-refractivity contribution in [1.82, 2.24) is 10.2 Å². The van der Waals surface area contributed by atoms with Crippen molar-refractivity contribution in [2.45, 2.75) is 19.9 Å². The van der Waals surface area contributed by atoms with E-state index in [4.69, 9.17) is 14.2 Å². The fourth-order valence-corrected chi connectivity index (χ4v) is 2.58. The summed E-state index contributed by atoms with van der Waals surface area (Å²) in [4.78, 5) is 2.46. The highest BCUT2D eigenvalue weighted by atomic mass is 35.5. The summed E-state index contributed by atoms with van der Waals surface area (Å²) in [5, 5.41) is 3.49. The number of methoxy groups -OCH3 is 1. The zero-order valence-corrected chi connectivity index (χ0v) is 16.2. The zero-order valence-electron chi connectivity index (χ0n) is 14.6. The van der Waals surface area contributed by atoms with Gasteiger partial charge in [-0.2, -0.15) is 0 Å². The van der Waals surface area contributed by atoms with E-state index in [1.165, 1.54) is 5.56 Å². The molecule has 0 atom stereocenters. The number of morpholine rings is 1. The standard InChI is InChI=1S/C17H28N2O3.2ClH/c1-3-22-17-13-15(5-6-16(17)20-2)14-18-7-4-8-19-9-11-21-12-10-19;;/h5-6,13,18H,3-4,7-12,14H2,1-2H3;2*1H. The average molecular weight is 381 g/mol. The van der Waals surface area contributed by atoms with E-state index in [1.54, 1.807) is 7.11 Å². The van der Waals surface area contributed by atoms with Crippen LogP contribution in [0.4, 0.5) is 0 Å². The molecular formula is C17H30Cl2N2O3. The monoisotopic (exact) mass is 380 g/mol. The molecule has 1 N–H and O–H groups in total. The van der Waals surface area contributed by atoms with Crippen LogP contribution in [0.1, 0.15) is 18.9 Å². The van der Waals surface area contributed by atoms with E-state index < -0.39 is 0 Å². The number of benzene rings is 1. The van der Waals surface area contributed by atoms with E-state index in [9.17, 15) is 0 Å². The second kappa shape index (κ2) is 13.6. The van der Waals surface area contributed by atoms with Gasteiger partial charge in [0.15, 0.2) is 11.5 Å². The van der Waals surface area contributed by atoms with Crippen molar-refractivity contribution in [1.29, 1.82) is 0 Å². The van der Waals surface area contributed by atoms with Gasteiger partial charge in [-0.25, -0.2) is 0 Å². The molecule has 1 heterocycles. The molecule has 1 aliphatic rings. The molecule has 0 unspecified atom stereocenters. The Morgan fingerprint density at radius 3 is 2.58 bits per heavy atom. The minimum Gasteiger partial charge on any atom is -0.493 e. The van der Waals surface area contributed by atoms with Crippen LogP contribution in [0.15, 0.2) is 18.2 Å². The van der Waals surface area contributed by atoms with Crippen LogP contribution in [-0.2, 0) is 11.3 Å². The second-order valence-electron chi connectivity index (χ2n) is 5.40. The number of nitrogens with zero attached hydrogens (tertiary/aromatic N) is 1. The predicted molar refractivity (Wildman–Crippen MR) is 102 cm³/mol. The Hall–Kier alpha value is -0.720. The third-order valence-corrected chi connectivity index (χ3v) is 3.79. The minimum atomic E-state index is 0. The van der Waals surface area contributed by atoms with Crippen LogP contribution >= 0.6 is 24.8 Å². The van der Waals surface area contributed by atoms with Crippen molar-refractivity contribution in [3.8, 4) is 11.5 Å². The third-order valence-electron chi connectivity index (χ3n) is 3.79. The summed E-state index contributed by atoms with van der Waals surface area (Å²) in [7, 11) is 1.67. The van der Waals surface area contributed by atoms with Gasteiger partial charge in [0.05, 0.1) is 26.9 Å². The van der Waals surface area contributed by atoms with Gasteiger partial charge in [0.25, 0.3) is 0 Å². The number of halogens is 2. The molecule has 1 aliphatic heterocycles. The molecule has 0 spiro atoms. The molecule has 0 amide bonds. The Morgan fingerprint density at radius 1 is 1.17 bits per heavy atom. The van der Waals surface area contributed by atoms with Crippen LogP contribution in [0.2, 0.25) is 0 Å². The van der Waals surface area contributed by atoms with Gasteiger partial charge in [-0.3, -0.25) is 4.90 Å². The quantitative estimate of drug-likeness (QED) is 0.667. The van der Waals surface area contributed by atoms with Crippen molar-refractivity contribution in [2.75, 3.05) is 53.1 Å². The first-order valence-electron chi connectivity index (χ1n) is 8.14. The van der Waals surface area contributed by atoms with Crippen LogP contribution in [0.5, 0.6) is 11.5 Å². The minimum absolute atomic E-state index is 0. The van der Waals surface area contributed by atoms with Gasteiger partial charge >= 0.3 is 0 Å². The summed E-state index contributed by atoms with van der Waals surface area (Å²) in [6, 6.07) is 6.10.